The minimum absolute atomic E-state index is 0.0146. The Balaban J connectivity index is 1.97. The third-order valence-electron chi connectivity index (χ3n) is 4.49. The highest BCUT2D eigenvalue weighted by molar-refractivity contribution is 7.09. The number of rotatable bonds is 5. The summed E-state index contributed by atoms with van der Waals surface area (Å²) in [4.78, 5) is 33.0. The van der Waals surface area contributed by atoms with Crippen molar-refractivity contribution in [1.29, 1.82) is 0 Å². The summed E-state index contributed by atoms with van der Waals surface area (Å²) < 4.78 is 5.73. The number of benzene rings is 1. The lowest BCUT2D eigenvalue weighted by Gasteiger charge is -2.34. The van der Waals surface area contributed by atoms with Crippen LogP contribution in [0, 0.1) is 6.92 Å². The number of thiazole rings is 1. The molecule has 7 heteroatoms. The normalized spacial score (nSPS) is 16.2. The molecular formula is C19H23N3O3S. The van der Waals surface area contributed by atoms with E-state index in [0.717, 1.165) is 16.3 Å². The fraction of sp³-hybridized carbons (Fsp3) is 0.421. The highest BCUT2D eigenvalue weighted by Gasteiger charge is 2.33. The van der Waals surface area contributed by atoms with E-state index in [2.05, 4.69) is 4.98 Å². The van der Waals surface area contributed by atoms with Crippen molar-refractivity contribution in [2.24, 2.45) is 0 Å². The van der Waals surface area contributed by atoms with Crippen molar-refractivity contribution in [2.45, 2.75) is 33.8 Å². The molecule has 2 aromatic rings. The molecule has 0 fully saturated rings. The molecule has 0 spiro atoms. The van der Waals surface area contributed by atoms with Gasteiger partial charge in [-0.15, -0.1) is 11.3 Å². The summed E-state index contributed by atoms with van der Waals surface area (Å²) in [6.07, 6.45) is -0.612. The lowest BCUT2D eigenvalue weighted by molar-refractivity contribution is -0.132. The predicted molar refractivity (Wildman–Crippen MR) is 103 cm³/mol. The van der Waals surface area contributed by atoms with Gasteiger partial charge in [0.25, 0.3) is 5.91 Å². The van der Waals surface area contributed by atoms with E-state index in [0.29, 0.717) is 24.5 Å². The zero-order valence-electron chi connectivity index (χ0n) is 15.5. The average molecular weight is 373 g/mol. The molecule has 2 amide bonds. The van der Waals surface area contributed by atoms with Crippen molar-refractivity contribution < 1.29 is 14.3 Å². The molecule has 1 unspecified atom stereocenters. The number of nitrogens with zero attached hydrogens (tertiary/aromatic N) is 3. The SMILES string of the molecule is CCN(CC)C(=O)CN1C(=O)C(C)Oc2ccc(-c3csc(C)n3)cc21. The van der Waals surface area contributed by atoms with Crippen LogP contribution in [-0.2, 0) is 9.59 Å². The number of ether oxygens (including phenoxy) is 1. The summed E-state index contributed by atoms with van der Waals surface area (Å²) >= 11 is 1.58. The number of anilines is 1. The Kier molecular flexibility index (Phi) is 5.27. The van der Waals surface area contributed by atoms with Crippen LogP contribution in [0.4, 0.5) is 5.69 Å². The van der Waals surface area contributed by atoms with Gasteiger partial charge in [0.05, 0.1) is 16.4 Å². The van der Waals surface area contributed by atoms with E-state index in [1.807, 2.05) is 44.4 Å². The number of carbonyl (C=O) groups is 2. The van der Waals surface area contributed by atoms with Crippen LogP contribution in [0.3, 0.4) is 0 Å². The van der Waals surface area contributed by atoms with Crippen molar-refractivity contribution in [2.75, 3.05) is 24.5 Å². The largest absolute Gasteiger partial charge is 0.479 e. The second-order valence-electron chi connectivity index (χ2n) is 6.18. The van der Waals surface area contributed by atoms with Gasteiger partial charge in [-0.05, 0) is 45.9 Å². The van der Waals surface area contributed by atoms with E-state index in [-0.39, 0.29) is 18.4 Å². The third-order valence-corrected chi connectivity index (χ3v) is 5.27. The lowest BCUT2D eigenvalue weighted by atomic mass is 10.1. The number of aromatic nitrogens is 1. The van der Waals surface area contributed by atoms with Crippen molar-refractivity contribution in [3.63, 3.8) is 0 Å². The second-order valence-corrected chi connectivity index (χ2v) is 7.25. The van der Waals surface area contributed by atoms with Crippen molar-refractivity contribution in [3.05, 3.63) is 28.6 Å². The molecule has 0 saturated heterocycles. The monoisotopic (exact) mass is 373 g/mol. The fourth-order valence-electron chi connectivity index (χ4n) is 3.04. The molecule has 1 aliphatic heterocycles. The van der Waals surface area contributed by atoms with E-state index in [9.17, 15) is 9.59 Å². The topological polar surface area (TPSA) is 62.7 Å². The maximum Gasteiger partial charge on any atom is 0.268 e. The molecule has 1 aromatic heterocycles. The number of amides is 2. The van der Waals surface area contributed by atoms with Crippen LogP contribution in [-0.4, -0.2) is 47.4 Å². The lowest BCUT2D eigenvalue weighted by Crippen LogP contribution is -2.49. The molecule has 3 rings (SSSR count). The van der Waals surface area contributed by atoms with E-state index in [1.165, 1.54) is 4.90 Å². The van der Waals surface area contributed by atoms with Crippen molar-refractivity contribution >= 4 is 28.8 Å². The van der Waals surface area contributed by atoms with Gasteiger partial charge in [-0.3, -0.25) is 14.5 Å². The van der Waals surface area contributed by atoms with Crippen LogP contribution in [0.15, 0.2) is 23.6 Å². The van der Waals surface area contributed by atoms with E-state index in [1.54, 1.807) is 23.2 Å². The molecule has 0 N–H and O–H groups in total. The maximum absolute atomic E-state index is 12.7. The summed E-state index contributed by atoms with van der Waals surface area (Å²) in [5.41, 5.74) is 2.38. The highest BCUT2D eigenvalue weighted by atomic mass is 32.1. The van der Waals surface area contributed by atoms with Crippen molar-refractivity contribution in [1.82, 2.24) is 9.88 Å². The molecule has 2 heterocycles. The molecule has 6 nitrogen and oxygen atoms in total. The zero-order valence-corrected chi connectivity index (χ0v) is 16.3. The first kappa shape index (κ1) is 18.4. The molecule has 0 aliphatic carbocycles. The van der Waals surface area contributed by atoms with Gasteiger partial charge >= 0.3 is 0 Å². The first-order chi connectivity index (χ1) is 12.4. The van der Waals surface area contributed by atoms with E-state index in [4.69, 9.17) is 4.74 Å². The molecule has 0 bridgehead atoms. The number of carbonyl (C=O) groups excluding carboxylic acids is 2. The Bertz CT molecular complexity index is 829. The minimum atomic E-state index is -0.612. The Labute approximate surface area is 157 Å². The zero-order chi connectivity index (χ0) is 18.8. The molecule has 26 heavy (non-hydrogen) atoms. The van der Waals surface area contributed by atoms with Crippen LogP contribution in [0.2, 0.25) is 0 Å². The summed E-state index contributed by atoms with van der Waals surface area (Å²) in [7, 11) is 0. The molecule has 138 valence electrons. The first-order valence-corrected chi connectivity index (χ1v) is 9.64. The Morgan fingerprint density at radius 2 is 2.08 bits per heavy atom. The number of aryl methyl sites for hydroxylation is 1. The van der Waals surface area contributed by atoms with Crippen LogP contribution in [0.25, 0.3) is 11.3 Å². The fourth-order valence-corrected chi connectivity index (χ4v) is 3.66. The van der Waals surface area contributed by atoms with Crippen molar-refractivity contribution in [3.8, 4) is 17.0 Å². The van der Waals surface area contributed by atoms with Gasteiger partial charge in [0.1, 0.15) is 12.3 Å². The Hall–Kier alpha value is -2.41. The standard InChI is InChI=1S/C19H23N3O3S/c1-5-21(6-2)18(23)10-22-16-9-14(15-11-26-13(4)20-15)7-8-17(16)25-12(3)19(22)24/h7-9,11-12H,5-6,10H2,1-4H3. The second kappa shape index (κ2) is 7.45. The molecule has 1 aromatic carbocycles. The minimum Gasteiger partial charge on any atom is -0.479 e. The summed E-state index contributed by atoms with van der Waals surface area (Å²) in [5.74, 6) is 0.336. The number of likely N-dealkylation sites (N-methyl/N-ethyl adjacent to an activating group) is 1. The molecule has 1 atom stereocenters. The number of fused-ring (bicyclic) bond motifs is 1. The van der Waals surface area contributed by atoms with Gasteiger partial charge in [0.2, 0.25) is 5.91 Å². The molecule has 1 aliphatic rings. The summed E-state index contributed by atoms with van der Waals surface area (Å²) in [5, 5.41) is 2.96. The summed E-state index contributed by atoms with van der Waals surface area (Å²) in [6.45, 7) is 8.78. The van der Waals surface area contributed by atoms with Gasteiger partial charge < -0.3 is 9.64 Å². The molecular weight excluding hydrogens is 350 g/mol. The predicted octanol–water partition coefficient (Wildman–Crippen LogP) is 3.10. The van der Waals surface area contributed by atoms with Gasteiger partial charge in [0, 0.05) is 24.0 Å². The number of hydrogen-bond acceptors (Lipinski definition) is 5. The maximum atomic E-state index is 12.7. The van der Waals surface area contributed by atoms with Gasteiger partial charge in [-0.1, -0.05) is 0 Å². The van der Waals surface area contributed by atoms with Crippen LogP contribution >= 0.6 is 11.3 Å². The van der Waals surface area contributed by atoms with Crippen LogP contribution < -0.4 is 9.64 Å². The number of hydrogen-bond donors (Lipinski definition) is 0. The Morgan fingerprint density at radius 1 is 1.35 bits per heavy atom. The smallest absolute Gasteiger partial charge is 0.268 e. The Morgan fingerprint density at radius 3 is 2.69 bits per heavy atom. The quantitative estimate of drug-likeness (QED) is 0.808. The van der Waals surface area contributed by atoms with E-state index >= 15 is 0 Å². The van der Waals surface area contributed by atoms with E-state index < -0.39 is 6.10 Å². The van der Waals surface area contributed by atoms with Gasteiger partial charge in [0.15, 0.2) is 6.10 Å². The molecule has 0 saturated carbocycles. The summed E-state index contributed by atoms with van der Waals surface area (Å²) in [6, 6.07) is 5.65. The molecule has 0 radical (unpaired) electrons. The van der Waals surface area contributed by atoms with Crippen LogP contribution in [0.5, 0.6) is 5.75 Å². The van der Waals surface area contributed by atoms with Gasteiger partial charge in [-0.2, -0.15) is 0 Å². The highest BCUT2D eigenvalue weighted by Crippen LogP contribution is 2.37. The third kappa shape index (κ3) is 3.44. The van der Waals surface area contributed by atoms with Crippen LogP contribution in [0.1, 0.15) is 25.8 Å². The average Bonchev–Trinajstić information content (AvgIpc) is 3.06. The van der Waals surface area contributed by atoms with Gasteiger partial charge in [-0.25, -0.2) is 4.98 Å². The first-order valence-electron chi connectivity index (χ1n) is 8.77.